The lowest BCUT2D eigenvalue weighted by Crippen LogP contribution is -1.97. The van der Waals surface area contributed by atoms with Gasteiger partial charge in [0, 0.05) is 27.6 Å². The molecule has 0 fully saturated rings. The van der Waals surface area contributed by atoms with Crippen LogP contribution < -0.4 is 0 Å². The van der Waals surface area contributed by atoms with Crippen LogP contribution >= 0.6 is 11.6 Å². The van der Waals surface area contributed by atoms with Gasteiger partial charge in [-0.25, -0.2) is 4.68 Å². The van der Waals surface area contributed by atoms with Crippen LogP contribution in [-0.2, 0) is 0 Å². The van der Waals surface area contributed by atoms with Gasteiger partial charge in [0.05, 0.1) is 16.7 Å². The van der Waals surface area contributed by atoms with Crippen LogP contribution in [0.25, 0.3) is 38.8 Å². The highest BCUT2D eigenvalue weighted by Crippen LogP contribution is 2.34. The van der Waals surface area contributed by atoms with Crippen molar-refractivity contribution in [1.29, 1.82) is 0 Å². The third-order valence-electron chi connectivity index (χ3n) is 4.81. The Morgan fingerprint density at radius 2 is 1.56 bits per heavy atom. The van der Waals surface area contributed by atoms with Crippen molar-refractivity contribution in [1.82, 2.24) is 14.8 Å². The highest BCUT2D eigenvalue weighted by Gasteiger charge is 2.16. The summed E-state index contributed by atoms with van der Waals surface area (Å²) >= 11 is 6.07. The quantitative estimate of drug-likeness (QED) is 0.370. The molecule has 0 bridgehead atoms. The SMILES string of the molecule is Cc1ccc(-n2nc(-c3ccc(Cl)cc3)c3cnc4ccccc4c32)cc1. The largest absolute Gasteiger partial charge is 0.255 e. The normalized spacial score (nSPS) is 11.3. The Morgan fingerprint density at radius 1 is 0.815 bits per heavy atom. The smallest absolute Gasteiger partial charge is 0.102 e. The molecule has 3 aromatic carbocycles. The number of hydrogen-bond donors (Lipinski definition) is 0. The van der Waals surface area contributed by atoms with Gasteiger partial charge < -0.3 is 0 Å². The monoisotopic (exact) mass is 369 g/mol. The molecule has 2 heterocycles. The van der Waals surface area contributed by atoms with Crippen molar-refractivity contribution in [2.75, 3.05) is 0 Å². The van der Waals surface area contributed by atoms with Crippen molar-refractivity contribution in [2.45, 2.75) is 6.92 Å². The maximum Gasteiger partial charge on any atom is 0.102 e. The molecule has 0 unspecified atom stereocenters. The number of nitrogens with zero attached hydrogens (tertiary/aromatic N) is 3. The Labute approximate surface area is 161 Å². The summed E-state index contributed by atoms with van der Waals surface area (Å²) in [5.41, 5.74) is 6.20. The lowest BCUT2D eigenvalue weighted by atomic mass is 10.1. The second kappa shape index (κ2) is 6.22. The molecule has 0 aliphatic rings. The number of benzene rings is 3. The maximum atomic E-state index is 6.07. The van der Waals surface area contributed by atoms with Gasteiger partial charge in [0.15, 0.2) is 0 Å². The van der Waals surface area contributed by atoms with Crippen molar-refractivity contribution in [3.05, 3.63) is 89.6 Å². The van der Waals surface area contributed by atoms with E-state index in [9.17, 15) is 0 Å². The van der Waals surface area contributed by atoms with E-state index in [2.05, 4.69) is 42.2 Å². The third-order valence-corrected chi connectivity index (χ3v) is 5.06. The molecule has 0 N–H and O–H groups in total. The number of aryl methyl sites for hydroxylation is 1. The molecule has 27 heavy (non-hydrogen) atoms. The molecule has 3 nitrogen and oxygen atoms in total. The number of fused-ring (bicyclic) bond motifs is 3. The minimum atomic E-state index is 0.713. The number of hydrogen-bond acceptors (Lipinski definition) is 2. The van der Waals surface area contributed by atoms with Crippen LogP contribution in [-0.4, -0.2) is 14.8 Å². The van der Waals surface area contributed by atoms with Gasteiger partial charge >= 0.3 is 0 Å². The topological polar surface area (TPSA) is 30.7 Å². The number of rotatable bonds is 2. The molecule has 2 aromatic heterocycles. The summed E-state index contributed by atoms with van der Waals surface area (Å²) in [4.78, 5) is 4.65. The van der Waals surface area contributed by atoms with Crippen molar-refractivity contribution in [3.8, 4) is 16.9 Å². The van der Waals surface area contributed by atoms with Gasteiger partial charge in [-0.3, -0.25) is 4.98 Å². The van der Waals surface area contributed by atoms with E-state index in [1.807, 2.05) is 53.3 Å². The second-order valence-electron chi connectivity index (χ2n) is 6.64. The summed E-state index contributed by atoms with van der Waals surface area (Å²) in [6, 6.07) is 24.4. The van der Waals surface area contributed by atoms with Crippen molar-refractivity contribution in [3.63, 3.8) is 0 Å². The fraction of sp³-hybridized carbons (Fsp3) is 0.0435. The average Bonchev–Trinajstić information content (AvgIpc) is 3.09. The zero-order valence-electron chi connectivity index (χ0n) is 14.7. The van der Waals surface area contributed by atoms with Gasteiger partial charge in [0.2, 0.25) is 0 Å². The van der Waals surface area contributed by atoms with Crippen LogP contribution in [0.15, 0.2) is 79.0 Å². The molecule has 130 valence electrons. The fourth-order valence-electron chi connectivity index (χ4n) is 3.43. The van der Waals surface area contributed by atoms with Crippen molar-refractivity contribution >= 4 is 33.4 Å². The van der Waals surface area contributed by atoms with Crippen LogP contribution in [0.3, 0.4) is 0 Å². The van der Waals surface area contributed by atoms with E-state index in [4.69, 9.17) is 16.7 Å². The van der Waals surface area contributed by atoms with E-state index in [0.29, 0.717) is 5.02 Å². The maximum absolute atomic E-state index is 6.07. The first kappa shape index (κ1) is 16.0. The van der Waals surface area contributed by atoms with Gasteiger partial charge in [0.25, 0.3) is 0 Å². The molecular weight excluding hydrogens is 354 g/mol. The van der Waals surface area contributed by atoms with E-state index in [1.54, 1.807) is 0 Å². The average molecular weight is 370 g/mol. The number of para-hydroxylation sites is 1. The van der Waals surface area contributed by atoms with Crippen LogP contribution in [0.2, 0.25) is 5.02 Å². The minimum Gasteiger partial charge on any atom is -0.255 e. The van der Waals surface area contributed by atoms with Crippen LogP contribution in [0.5, 0.6) is 0 Å². The van der Waals surface area contributed by atoms with Crippen LogP contribution in [0, 0.1) is 6.92 Å². The molecule has 5 aromatic rings. The lowest BCUT2D eigenvalue weighted by molar-refractivity contribution is 0.917. The standard InChI is InChI=1S/C23H16ClN3/c1-15-6-12-18(13-7-15)27-23-19-4-2-3-5-21(19)25-14-20(23)22(26-27)16-8-10-17(24)11-9-16/h2-14H,1H3. The molecule has 0 amide bonds. The van der Waals surface area contributed by atoms with Gasteiger partial charge in [-0.15, -0.1) is 0 Å². The van der Waals surface area contributed by atoms with Crippen LogP contribution in [0.1, 0.15) is 5.56 Å². The first-order valence-electron chi connectivity index (χ1n) is 8.80. The molecule has 0 aliphatic heterocycles. The summed E-state index contributed by atoms with van der Waals surface area (Å²) in [6.45, 7) is 2.09. The minimum absolute atomic E-state index is 0.713. The zero-order valence-corrected chi connectivity index (χ0v) is 15.5. The summed E-state index contributed by atoms with van der Waals surface area (Å²) in [7, 11) is 0. The predicted molar refractivity (Wildman–Crippen MR) is 112 cm³/mol. The second-order valence-corrected chi connectivity index (χ2v) is 7.08. The highest BCUT2D eigenvalue weighted by molar-refractivity contribution is 6.30. The summed E-state index contributed by atoms with van der Waals surface area (Å²) in [5, 5.41) is 7.80. The van der Waals surface area contributed by atoms with E-state index in [-0.39, 0.29) is 0 Å². The molecule has 0 saturated carbocycles. The van der Waals surface area contributed by atoms with Crippen molar-refractivity contribution < 1.29 is 0 Å². The summed E-state index contributed by atoms with van der Waals surface area (Å²) in [6.07, 6.45) is 1.92. The fourth-order valence-corrected chi connectivity index (χ4v) is 3.55. The molecule has 4 heteroatoms. The van der Waals surface area contributed by atoms with E-state index in [0.717, 1.165) is 38.8 Å². The number of halogens is 1. The predicted octanol–water partition coefficient (Wildman–Crippen LogP) is 6.20. The molecule has 0 radical (unpaired) electrons. The first-order valence-corrected chi connectivity index (χ1v) is 9.18. The molecule has 0 saturated heterocycles. The molecule has 0 aliphatic carbocycles. The number of aromatic nitrogens is 3. The van der Waals surface area contributed by atoms with E-state index in [1.165, 1.54) is 5.56 Å². The Bertz CT molecular complexity index is 1270. The molecule has 0 spiro atoms. The Kier molecular flexibility index (Phi) is 3.69. The zero-order chi connectivity index (χ0) is 18.4. The van der Waals surface area contributed by atoms with Gasteiger partial charge in [0.1, 0.15) is 5.69 Å². The Hall–Kier alpha value is -3.17. The Morgan fingerprint density at radius 3 is 2.33 bits per heavy atom. The third kappa shape index (κ3) is 2.68. The number of pyridine rings is 1. The first-order chi connectivity index (χ1) is 13.2. The lowest BCUT2D eigenvalue weighted by Gasteiger charge is -2.06. The van der Waals surface area contributed by atoms with Gasteiger partial charge in [-0.1, -0.05) is 59.6 Å². The van der Waals surface area contributed by atoms with Gasteiger partial charge in [-0.2, -0.15) is 5.10 Å². The van der Waals surface area contributed by atoms with Gasteiger partial charge in [-0.05, 0) is 37.3 Å². The molecule has 5 rings (SSSR count). The summed E-state index contributed by atoms with van der Waals surface area (Å²) < 4.78 is 2.02. The summed E-state index contributed by atoms with van der Waals surface area (Å²) in [5.74, 6) is 0. The molecule has 0 atom stereocenters. The molecular formula is C23H16ClN3. The Balaban J connectivity index is 1.88. The van der Waals surface area contributed by atoms with E-state index >= 15 is 0 Å². The van der Waals surface area contributed by atoms with Crippen molar-refractivity contribution in [2.24, 2.45) is 0 Å². The van der Waals surface area contributed by atoms with E-state index < -0.39 is 0 Å². The van der Waals surface area contributed by atoms with Crippen LogP contribution in [0.4, 0.5) is 0 Å². The highest BCUT2D eigenvalue weighted by atomic mass is 35.5.